The lowest BCUT2D eigenvalue weighted by Crippen LogP contribution is -2.26. The van der Waals surface area contributed by atoms with E-state index in [0.717, 1.165) is 23.7 Å². The highest BCUT2D eigenvalue weighted by molar-refractivity contribution is 7.14. The van der Waals surface area contributed by atoms with E-state index in [1.54, 1.807) is 23.7 Å². The molecule has 1 aliphatic rings. The fraction of sp³-hybridized carbons (Fsp3) is 0.455. The number of carboxylic acid groups (broad SMARTS) is 2. The predicted molar refractivity (Wildman–Crippen MR) is 122 cm³/mol. The summed E-state index contributed by atoms with van der Waals surface area (Å²) in [4.78, 5) is 38.8. The van der Waals surface area contributed by atoms with Crippen LogP contribution in [0.5, 0.6) is 0 Å². The number of carboxylic acids is 2. The topological polar surface area (TPSA) is 120 Å². The largest absolute Gasteiger partial charge is 0.490 e. The third-order valence-corrected chi connectivity index (χ3v) is 5.73. The van der Waals surface area contributed by atoms with Crippen molar-refractivity contribution in [1.82, 2.24) is 9.88 Å². The maximum Gasteiger partial charge on any atom is 0.490 e. The molecule has 0 radical (unpaired) electrons. The summed E-state index contributed by atoms with van der Waals surface area (Å²) in [6, 6.07) is 8.20. The molecule has 2 aromatic heterocycles. The number of aromatic nitrogens is 1. The smallest absolute Gasteiger partial charge is 0.475 e. The molecule has 8 nitrogen and oxygen atoms in total. The number of pyridine rings is 1. The summed E-state index contributed by atoms with van der Waals surface area (Å²) >= 11 is 1.61. The van der Waals surface area contributed by atoms with E-state index in [1.165, 1.54) is 17.7 Å². The van der Waals surface area contributed by atoms with Crippen LogP contribution in [0.15, 0.2) is 36.7 Å². The molecule has 3 heterocycles. The van der Waals surface area contributed by atoms with E-state index < -0.39 is 24.3 Å². The summed E-state index contributed by atoms with van der Waals surface area (Å²) in [6.07, 6.45) is -4.38. The Hall–Kier alpha value is -3.20. The SMILES string of the molecule is CC(C)CN1CCCC1c1ccc(C(=O)Nc2cccnc2)s1.O=C(O)C(F)(F)F.O=C(O)C(F)(F)F. The highest BCUT2D eigenvalue weighted by Crippen LogP contribution is 2.36. The lowest BCUT2D eigenvalue weighted by atomic mass is 10.1. The molecule has 206 valence electrons. The molecule has 2 aromatic rings. The molecule has 15 heteroatoms. The number of rotatable bonds is 5. The van der Waals surface area contributed by atoms with Gasteiger partial charge in [-0.15, -0.1) is 11.3 Å². The van der Waals surface area contributed by atoms with Gasteiger partial charge in [0.1, 0.15) is 0 Å². The third-order valence-electron chi connectivity index (χ3n) is 4.55. The second kappa shape index (κ2) is 13.9. The number of carbonyl (C=O) groups excluding carboxylic acids is 1. The molecule has 3 rings (SSSR count). The number of nitrogens with one attached hydrogen (secondary N) is 1. The van der Waals surface area contributed by atoms with Gasteiger partial charge in [-0.3, -0.25) is 14.7 Å². The van der Waals surface area contributed by atoms with Crippen molar-refractivity contribution in [3.05, 3.63) is 46.4 Å². The molecule has 0 bridgehead atoms. The van der Waals surface area contributed by atoms with Crippen LogP contribution in [0.25, 0.3) is 0 Å². The second-order valence-electron chi connectivity index (χ2n) is 8.05. The number of halogens is 6. The van der Waals surface area contributed by atoms with E-state index in [-0.39, 0.29) is 5.91 Å². The number of hydrogen-bond acceptors (Lipinski definition) is 6. The van der Waals surface area contributed by atoms with Crippen molar-refractivity contribution in [1.29, 1.82) is 0 Å². The molecule has 1 atom stereocenters. The van der Waals surface area contributed by atoms with E-state index in [9.17, 15) is 31.1 Å². The lowest BCUT2D eigenvalue weighted by molar-refractivity contribution is -0.193. The molecule has 1 saturated heterocycles. The third kappa shape index (κ3) is 11.6. The molecule has 1 amide bonds. The predicted octanol–water partition coefficient (Wildman–Crippen LogP) is 5.45. The number of alkyl halides is 6. The number of thiophene rings is 1. The van der Waals surface area contributed by atoms with E-state index in [2.05, 4.69) is 35.1 Å². The summed E-state index contributed by atoms with van der Waals surface area (Å²) in [6.45, 7) is 6.81. The molecule has 0 aromatic carbocycles. The average Bonchev–Trinajstić information content (AvgIpc) is 3.43. The van der Waals surface area contributed by atoms with Gasteiger partial charge in [-0.2, -0.15) is 26.3 Å². The summed E-state index contributed by atoms with van der Waals surface area (Å²) in [5.41, 5.74) is 0.731. The Kier molecular flexibility index (Phi) is 12.0. The first-order chi connectivity index (χ1) is 17.0. The van der Waals surface area contributed by atoms with Crippen molar-refractivity contribution in [2.24, 2.45) is 5.92 Å². The van der Waals surface area contributed by atoms with Gasteiger partial charge in [0.05, 0.1) is 16.8 Å². The molecular weight excluding hydrogens is 532 g/mol. The van der Waals surface area contributed by atoms with Gasteiger partial charge < -0.3 is 15.5 Å². The average molecular weight is 558 g/mol. The molecule has 1 unspecified atom stereocenters. The minimum Gasteiger partial charge on any atom is -0.475 e. The second-order valence-corrected chi connectivity index (χ2v) is 9.17. The van der Waals surface area contributed by atoms with Crippen LogP contribution < -0.4 is 5.32 Å². The maximum absolute atomic E-state index is 12.4. The van der Waals surface area contributed by atoms with Crippen molar-refractivity contribution in [2.75, 3.05) is 18.4 Å². The minimum atomic E-state index is -5.08. The standard InChI is InChI=1S/C18H23N3OS.2C2HF3O2/c1-13(2)12-21-10-4-6-15(21)16-7-8-17(23-16)18(22)20-14-5-3-9-19-11-14;2*3-2(4,5)1(6)7/h3,5,7-9,11,13,15H,4,6,10,12H2,1-2H3,(H,20,22);2*(H,6,7). The number of hydrogen-bond donors (Lipinski definition) is 3. The molecule has 0 spiro atoms. The monoisotopic (exact) mass is 557 g/mol. The molecule has 0 saturated carbocycles. The zero-order chi connectivity index (χ0) is 28.4. The first kappa shape index (κ1) is 31.8. The molecule has 0 aliphatic carbocycles. The number of anilines is 1. The lowest BCUT2D eigenvalue weighted by Gasteiger charge is -2.25. The Morgan fingerprint density at radius 3 is 2.11 bits per heavy atom. The van der Waals surface area contributed by atoms with Gasteiger partial charge in [0.2, 0.25) is 0 Å². The maximum atomic E-state index is 12.4. The van der Waals surface area contributed by atoms with Crippen molar-refractivity contribution in [2.45, 2.75) is 45.1 Å². The highest BCUT2D eigenvalue weighted by atomic mass is 32.1. The summed E-state index contributed by atoms with van der Waals surface area (Å²) in [5, 5.41) is 17.2. The number of aliphatic carboxylic acids is 2. The number of amides is 1. The quantitative estimate of drug-likeness (QED) is 0.418. The van der Waals surface area contributed by atoms with Crippen LogP contribution in [-0.4, -0.2) is 63.4 Å². The van der Waals surface area contributed by atoms with Gasteiger partial charge >= 0.3 is 24.3 Å². The Bertz CT molecular complexity index is 1000. The van der Waals surface area contributed by atoms with Crippen LogP contribution in [0.2, 0.25) is 0 Å². The van der Waals surface area contributed by atoms with Crippen LogP contribution in [0.3, 0.4) is 0 Å². The van der Waals surface area contributed by atoms with Crippen molar-refractivity contribution in [3.8, 4) is 0 Å². The Morgan fingerprint density at radius 1 is 1.08 bits per heavy atom. The van der Waals surface area contributed by atoms with E-state index >= 15 is 0 Å². The van der Waals surface area contributed by atoms with Gasteiger partial charge in [0.15, 0.2) is 0 Å². The van der Waals surface area contributed by atoms with Crippen LogP contribution >= 0.6 is 11.3 Å². The number of nitrogens with zero attached hydrogens (tertiary/aromatic N) is 2. The first-order valence-electron chi connectivity index (χ1n) is 10.7. The summed E-state index contributed by atoms with van der Waals surface area (Å²) in [7, 11) is 0. The summed E-state index contributed by atoms with van der Waals surface area (Å²) in [5.74, 6) is -4.90. The van der Waals surface area contributed by atoms with Gasteiger partial charge in [-0.05, 0) is 49.6 Å². The fourth-order valence-electron chi connectivity index (χ4n) is 3.12. The summed E-state index contributed by atoms with van der Waals surface area (Å²) < 4.78 is 63.5. The Balaban J connectivity index is 0.000000404. The van der Waals surface area contributed by atoms with E-state index in [0.29, 0.717) is 12.0 Å². The Labute approximate surface area is 211 Å². The van der Waals surface area contributed by atoms with E-state index in [1.807, 2.05) is 18.2 Å². The number of carbonyl (C=O) groups is 3. The van der Waals surface area contributed by atoms with Gasteiger partial charge in [0.25, 0.3) is 5.91 Å². The first-order valence-corrected chi connectivity index (χ1v) is 11.5. The molecule has 1 aliphatic heterocycles. The zero-order valence-corrected chi connectivity index (χ0v) is 20.5. The number of likely N-dealkylation sites (tertiary alicyclic amines) is 1. The molecule has 37 heavy (non-hydrogen) atoms. The van der Waals surface area contributed by atoms with E-state index in [4.69, 9.17) is 19.8 Å². The van der Waals surface area contributed by atoms with Crippen LogP contribution in [0, 0.1) is 5.92 Å². The minimum absolute atomic E-state index is 0.0531. The Morgan fingerprint density at radius 2 is 1.65 bits per heavy atom. The fourth-order valence-corrected chi connectivity index (χ4v) is 4.19. The van der Waals surface area contributed by atoms with Crippen LogP contribution in [-0.2, 0) is 9.59 Å². The van der Waals surface area contributed by atoms with Crippen LogP contribution in [0.1, 0.15) is 47.3 Å². The van der Waals surface area contributed by atoms with Crippen molar-refractivity contribution >= 4 is 34.9 Å². The molecular formula is C22H25F6N3O5S. The van der Waals surface area contributed by atoms with Crippen molar-refractivity contribution in [3.63, 3.8) is 0 Å². The molecule has 3 N–H and O–H groups in total. The van der Waals surface area contributed by atoms with Crippen molar-refractivity contribution < 1.29 is 50.9 Å². The zero-order valence-electron chi connectivity index (χ0n) is 19.6. The van der Waals surface area contributed by atoms with Gasteiger partial charge in [-0.1, -0.05) is 13.8 Å². The molecule has 1 fully saturated rings. The van der Waals surface area contributed by atoms with Gasteiger partial charge in [0, 0.05) is 23.7 Å². The van der Waals surface area contributed by atoms with Gasteiger partial charge in [-0.25, -0.2) is 9.59 Å². The normalized spacial score (nSPS) is 15.8. The van der Waals surface area contributed by atoms with Crippen LogP contribution in [0.4, 0.5) is 32.0 Å². The highest BCUT2D eigenvalue weighted by Gasteiger charge is 2.38.